The Hall–Kier alpha value is -1.06. The van der Waals surface area contributed by atoms with Crippen molar-refractivity contribution in [2.24, 2.45) is 0 Å². The summed E-state index contributed by atoms with van der Waals surface area (Å²) in [5.74, 6) is 0.975. The molecule has 1 fully saturated rings. The lowest BCUT2D eigenvalue weighted by Gasteiger charge is -2.26. The SMILES string of the molecule is COc1ccccc1C(C)NCCCN1CCCCC1. The van der Waals surface area contributed by atoms with Gasteiger partial charge in [-0.1, -0.05) is 24.6 Å². The van der Waals surface area contributed by atoms with E-state index in [0.29, 0.717) is 6.04 Å². The fourth-order valence-corrected chi connectivity index (χ4v) is 2.94. The zero-order valence-electron chi connectivity index (χ0n) is 12.9. The highest BCUT2D eigenvalue weighted by atomic mass is 16.5. The molecular weight excluding hydrogens is 248 g/mol. The summed E-state index contributed by atoms with van der Waals surface area (Å²) in [6.07, 6.45) is 5.40. The van der Waals surface area contributed by atoms with Crippen molar-refractivity contribution in [3.05, 3.63) is 29.8 Å². The minimum Gasteiger partial charge on any atom is -0.496 e. The predicted molar refractivity (Wildman–Crippen MR) is 84.3 cm³/mol. The van der Waals surface area contributed by atoms with Crippen molar-refractivity contribution in [3.63, 3.8) is 0 Å². The molecular formula is C17H28N2O. The Balaban J connectivity index is 1.70. The van der Waals surface area contributed by atoms with Crippen molar-refractivity contribution in [2.45, 2.75) is 38.6 Å². The number of hydrogen-bond acceptors (Lipinski definition) is 3. The molecule has 20 heavy (non-hydrogen) atoms. The van der Waals surface area contributed by atoms with Gasteiger partial charge in [-0.25, -0.2) is 0 Å². The molecule has 0 aliphatic carbocycles. The van der Waals surface area contributed by atoms with Gasteiger partial charge in [0.15, 0.2) is 0 Å². The van der Waals surface area contributed by atoms with Gasteiger partial charge in [0.25, 0.3) is 0 Å². The third kappa shape index (κ3) is 4.50. The van der Waals surface area contributed by atoms with Crippen LogP contribution in [0.1, 0.15) is 44.2 Å². The van der Waals surface area contributed by atoms with E-state index in [-0.39, 0.29) is 0 Å². The maximum atomic E-state index is 5.42. The van der Waals surface area contributed by atoms with E-state index in [1.54, 1.807) is 7.11 Å². The van der Waals surface area contributed by atoms with Crippen LogP contribution in [0, 0.1) is 0 Å². The van der Waals surface area contributed by atoms with Crippen molar-refractivity contribution in [1.29, 1.82) is 0 Å². The zero-order valence-corrected chi connectivity index (χ0v) is 12.9. The second-order valence-electron chi connectivity index (χ2n) is 5.67. The first-order chi connectivity index (χ1) is 9.81. The van der Waals surface area contributed by atoms with Crippen LogP contribution in [0.2, 0.25) is 0 Å². The molecule has 1 aliphatic rings. The number of hydrogen-bond donors (Lipinski definition) is 1. The number of nitrogens with one attached hydrogen (secondary N) is 1. The molecule has 2 rings (SSSR count). The van der Waals surface area contributed by atoms with Gasteiger partial charge in [0, 0.05) is 11.6 Å². The Bertz CT molecular complexity index is 388. The van der Waals surface area contributed by atoms with Crippen LogP contribution in [-0.2, 0) is 0 Å². The first-order valence-electron chi connectivity index (χ1n) is 7.90. The quantitative estimate of drug-likeness (QED) is 0.774. The highest BCUT2D eigenvalue weighted by Crippen LogP contribution is 2.24. The first kappa shape index (κ1) is 15.3. The molecule has 1 aliphatic heterocycles. The smallest absolute Gasteiger partial charge is 0.123 e. The third-order valence-corrected chi connectivity index (χ3v) is 4.16. The summed E-state index contributed by atoms with van der Waals surface area (Å²) in [7, 11) is 1.74. The highest BCUT2D eigenvalue weighted by Gasteiger charge is 2.11. The minimum atomic E-state index is 0.340. The number of ether oxygens (including phenoxy) is 1. The molecule has 0 amide bonds. The van der Waals surface area contributed by atoms with Gasteiger partial charge < -0.3 is 15.0 Å². The number of piperidine rings is 1. The average Bonchev–Trinajstić information content (AvgIpc) is 2.52. The maximum Gasteiger partial charge on any atom is 0.123 e. The Morgan fingerprint density at radius 3 is 2.70 bits per heavy atom. The molecule has 1 aromatic rings. The Morgan fingerprint density at radius 2 is 1.95 bits per heavy atom. The van der Waals surface area contributed by atoms with Gasteiger partial charge in [0.1, 0.15) is 5.75 Å². The molecule has 1 heterocycles. The molecule has 0 aromatic heterocycles. The minimum absolute atomic E-state index is 0.340. The predicted octanol–water partition coefficient (Wildman–Crippen LogP) is 3.22. The van der Waals surface area contributed by atoms with Crippen LogP contribution < -0.4 is 10.1 Å². The van der Waals surface area contributed by atoms with Crippen LogP contribution in [0.15, 0.2) is 24.3 Å². The van der Waals surface area contributed by atoms with E-state index in [0.717, 1.165) is 12.3 Å². The van der Waals surface area contributed by atoms with E-state index >= 15 is 0 Å². The van der Waals surface area contributed by atoms with E-state index in [9.17, 15) is 0 Å². The van der Waals surface area contributed by atoms with Crippen molar-refractivity contribution in [3.8, 4) is 5.75 Å². The molecule has 1 aromatic carbocycles. The summed E-state index contributed by atoms with van der Waals surface area (Å²) in [6.45, 7) is 7.09. The van der Waals surface area contributed by atoms with Gasteiger partial charge in [0.2, 0.25) is 0 Å². The number of para-hydroxylation sites is 1. The number of rotatable bonds is 7. The molecule has 1 atom stereocenters. The van der Waals surface area contributed by atoms with Crippen molar-refractivity contribution in [1.82, 2.24) is 10.2 Å². The standard InChI is InChI=1S/C17H28N2O/c1-15(16-9-4-5-10-17(16)20-2)18-11-8-14-19-12-6-3-7-13-19/h4-5,9-10,15,18H,3,6-8,11-14H2,1-2H3. The molecule has 1 unspecified atom stereocenters. The summed E-state index contributed by atoms with van der Waals surface area (Å²) in [4.78, 5) is 2.60. The van der Waals surface area contributed by atoms with E-state index in [4.69, 9.17) is 4.74 Å². The van der Waals surface area contributed by atoms with Gasteiger partial charge in [0.05, 0.1) is 7.11 Å². The number of benzene rings is 1. The fourth-order valence-electron chi connectivity index (χ4n) is 2.94. The van der Waals surface area contributed by atoms with Crippen LogP contribution in [0.5, 0.6) is 5.75 Å². The van der Waals surface area contributed by atoms with Crippen LogP contribution >= 0.6 is 0 Å². The first-order valence-corrected chi connectivity index (χ1v) is 7.90. The molecule has 0 saturated carbocycles. The molecule has 112 valence electrons. The van der Waals surface area contributed by atoms with Crippen molar-refractivity contribution >= 4 is 0 Å². The average molecular weight is 276 g/mol. The highest BCUT2D eigenvalue weighted by molar-refractivity contribution is 5.35. The monoisotopic (exact) mass is 276 g/mol. The van der Waals surface area contributed by atoms with Crippen LogP contribution in [0.4, 0.5) is 0 Å². The molecule has 1 N–H and O–H groups in total. The summed E-state index contributed by atoms with van der Waals surface area (Å²) in [5, 5.41) is 3.61. The summed E-state index contributed by atoms with van der Waals surface area (Å²) in [6, 6.07) is 8.60. The summed E-state index contributed by atoms with van der Waals surface area (Å²) < 4.78 is 5.42. The molecule has 0 bridgehead atoms. The largest absolute Gasteiger partial charge is 0.496 e. The topological polar surface area (TPSA) is 24.5 Å². The van der Waals surface area contributed by atoms with E-state index in [2.05, 4.69) is 29.3 Å². The van der Waals surface area contributed by atoms with E-state index < -0.39 is 0 Å². The number of methoxy groups -OCH3 is 1. The Morgan fingerprint density at radius 1 is 1.20 bits per heavy atom. The lowest BCUT2D eigenvalue weighted by Crippen LogP contribution is -2.32. The van der Waals surface area contributed by atoms with Gasteiger partial charge in [-0.15, -0.1) is 0 Å². The Kier molecular flexibility index (Phi) is 6.34. The summed E-state index contributed by atoms with van der Waals surface area (Å²) in [5.41, 5.74) is 1.24. The normalized spacial score (nSPS) is 17.9. The van der Waals surface area contributed by atoms with E-state index in [1.165, 1.54) is 50.9 Å². The number of likely N-dealkylation sites (tertiary alicyclic amines) is 1. The lowest BCUT2D eigenvalue weighted by molar-refractivity contribution is 0.225. The van der Waals surface area contributed by atoms with Crippen LogP contribution in [-0.4, -0.2) is 38.2 Å². The zero-order chi connectivity index (χ0) is 14.2. The molecule has 3 heteroatoms. The van der Waals surface area contributed by atoms with Gasteiger partial charge in [-0.2, -0.15) is 0 Å². The van der Waals surface area contributed by atoms with Gasteiger partial charge >= 0.3 is 0 Å². The van der Waals surface area contributed by atoms with Crippen LogP contribution in [0.25, 0.3) is 0 Å². The maximum absolute atomic E-state index is 5.42. The van der Waals surface area contributed by atoms with Gasteiger partial charge in [-0.05, 0) is 58.4 Å². The Labute approximate surface area is 123 Å². The molecule has 1 saturated heterocycles. The van der Waals surface area contributed by atoms with Crippen LogP contribution in [0.3, 0.4) is 0 Å². The van der Waals surface area contributed by atoms with Crippen molar-refractivity contribution in [2.75, 3.05) is 33.3 Å². The number of nitrogens with zero attached hydrogens (tertiary/aromatic N) is 1. The molecule has 0 radical (unpaired) electrons. The van der Waals surface area contributed by atoms with Gasteiger partial charge in [-0.3, -0.25) is 0 Å². The van der Waals surface area contributed by atoms with E-state index in [1.807, 2.05) is 12.1 Å². The summed E-state index contributed by atoms with van der Waals surface area (Å²) >= 11 is 0. The molecule has 0 spiro atoms. The van der Waals surface area contributed by atoms with Crippen molar-refractivity contribution < 1.29 is 4.74 Å². The molecule has 3 nitrogen and oxygen atoms in total. The second-order valence-corrected chi connectivity index (χ2v) is 5.67. The fraction of sp³-hybridized carbons (Fsp3) is 0.647. The lowest BCUT2D eigenvalue weighted by atomic mass is 10.1. The third-order valence-electron chi connectivity index (χ3n) is 4.16. The second kappa shape index (κ2) is 8.28.